The summed E-state index contributed by atoms with van der Waals surface area (Å²) >= 11 is 0. The SMILES string of the molecule is O=c1cccc2n1C[C@H]1C[C@@H]2CN(Cc2ccc(F)cc2)C1. The number of hydrogen-bond acceptors (Lipinski definition) is 2. The Morgan fingerprint density at radius 3 is 2.68 bits per heavy atom. The molecule has 2 aliphatic rings. The molecule has 2 atom stereocenters. The van der Waals surface area contributed by atoms with Crippen LogP contribution in [-0.2, 0) is 13.1 Å². The van der Waals surface area contributed by atoms with Crippen LogP contribution in [0.5, 0.6) is 0 Å². The third-order valence-corrected chi connectivity index (χ3v) is 4.87. The van der Waals surface area contributed by atoms with Crippen molar-refractivity contribution >= 4 is 0 Å². The van der Waals surface area contributed by atoms with Crippen molar-refractivity contribution in [2.24, 2.45) is 5.92 Å². The maximum atomic E-state index is 13.0. The average molecular weight is 298 g/mol. The highest BCUT2D eigenvalue weighted by molar-refractivity contribution is 5.19. The number of piperidine rings is 1. The summed E-state index contributed by atoms with van der Waals surface area (Å²) in [5.41, 5.74) is 2.44. The zero-order chi connectivity index (χ0) is 15.1. The molecule has 114 valence electrons. The number of hydrogen-bond donors (Lipinski definition) is 0. The molecule has 0 amide bonds. The standard InChI is InChI=1S/C18H19FN2O/c19-16-6-4-13(5-7-16)9-20-10-14-8-15(12-20)17-2-1-3-18(22)21(17)11-14/h1-7,14-15H,8-12H2/t14-,15+/m0/s1. The summed E-state index contributed by atoms with van der Waals surface area (Å²) in [6.45, 7) is 3.65. The van der Waals surface area contributed by atoms with E-state index in [0.29, 0.717) is 11.8 Å². The predicted octanol–water partition coefficient (Wildman–Crippen LogP) is 2.61. The van der Waals surface area contributed by atoms with E-state index in [4.69, 9.17) is 0 Å². The average Bonchev–Trinajstić information content (AvgIpc) is 2.51. The van der Waals surface area contributed by atoms with Gasteiger partial charge in [0.25, 0.3) is 5.56 Å². The van der Waals surface area contributed by atoms with Gasteiger partial charge in [0.15, 0.2) is 0 Å². The van der Waals surface area contributed by atoms with E-state index in [0.717, 1.165) is 31.7 Å². The molecule has 0 saturated carbocycles. The predicted molar refractivity (Wildman–Crippen MR) is 83.2 cm³/mol. The normalized spacial score (nSPS) is 24.0. The highest BCUT2D eigenvalue weighted by Gasteiger charge is 2.34. The van der Waals surface area contributed by atoms with Crippen molar-refractivity contribution < 1.29 is 4.39 Å². The zero-order valence-electron chi connectivity index (χ0n) is 12.4. The summed E-state index contributed by atoms with van der Waals surface area (Å²) in [7, 11) is 0. The quantitative estimate of drug-likeness (QED) is 0.851. The van der Waals surface area contributed by atoms with Gasteiger partial charge in [-0.3, -0.25) is 9.69 Å². The first-order chi connectivity index (χ1) is 10.7. The molecule has 0 aliphatic carbocycles. The van der Waals surface area contributed by atoms with Crippen LogP contribution in [0.4, 0.5) is 4.39 Å². The largest absolute Gasteiger partial charge is 0.312 e. The van der Waals surface area contributed by atoms with Crippen molar-refractivity contribution in [3.05, 3.63) is 69.9 Å². The molecule has 4 rings (SSSR count). The molecule has 0 spiro atoms. The van der Waals surface area contributed by atoms with Crippen LogP contribution in [-0.4, -0.2) is 22.6 Å². The summed E-state index contributed by atoms with van der Waals surface area (Å²) in [6.07, 6.45) is 1.17. The number of aromatic nitrogens is 1. The summed E-state index contributed by atoms with van der Waals surface area (Å²) in [4.78, 5) is 14.5. The smallest absolute Gasteiger partial charge is 0.250 e. The van der Waals surface area contributed by atoms with Crippen LogP contribution in [0.1, 0.15) is 23.6 Å². The van der Waals surface area contributed by atoms with Gasteiger partial charge < -0.3 is 4.57 Å². The van der Waals surface area contributed by atoms with E-state index in [1.165, 1.54) is 24.2 Å². The highest BCUT2D eigenvalue weighted by Crippen LogP contribution is 2.35. The van der Waals surface area contributed by atoms with E-state index in [2.05, 4.69) is 11.0 Å². The Hall–Kier alpha value is -1.94. The Labute approximate surface area is 129 Å². The Bertz CT molecular complexity index is 737. The Morgan fingerprint density at radius 2 is 1.86 bits per heavy atom. The van der Waals surface area contributed by atoms with Gasteiger partial charge in [-0.1, -0.05) is 18.2 Å². The molecule has 1 fully saturated rings. The van der Waals surface area contributed by atoms with Crippen LogP contribution in [0.15, 0.2) is 47.3 Å². The van der Waals surface area contributed by atoms with E-state index in [9.17, 15) is 9.18 Å². The molecule has 1 aromatic carbocycles. The second-order valence-corrected chi connectivity index (χ2v) is 6.52. The molecule has 22 heavy (non-hydrogen) atoms. The summed E-state index contributed by atoms with van der Waals surface area (Å²) in [5.74, 6) is 0.779. The fourth-order valence-corrected chi connectivity index (χ4v) is 3.97. The van der Waals surface area contributed by atoms with E-state index in [1.807, 2.05) is 22.8 Å². The number of fused-ring (bicyclic) bond motifs is 4. The van der Waals surface area contributed by atoms with Crippen LogP contribution in [0.2, 0.25) is 0 Å². The topological polar surface area (TPSA) is 25.2 Å². The van der Waals surface area contributed by atoms with Crippen molar-refractivity contribution in [2.75, 3.05) is 13.1 Å². The second-order valence-electron chi connectivity index (χ2n) is 6.52. The lowest BCUT2D eigenvalue weighted by Gasteiger charge is -2.42. The number of pyridine rings is 1. The monoisotopic (exact) mass is 298 g/mol. The van der Waals surface area contributed by atoms with Crippen molar-refractivity contribution in [1.29, 1.82) is 0 Å². The van der Waals surface area contributed by atoms with E-state index >= 15 is 0 Å². The Kier molecular flexibility index (Phi) is 3.34. The fraction of sp³-hybridized carbons (Fsp3) is 0.389. The molecule has 0 unspecified atom stereocenters. The maximum Gasteiger partial charge on any atom is 0.250 e. The lowest BCUT2D eigenvalue weighted by Crippen LogP contribution is -2.46. The van der Waals surface area contributed by atoms with E-state index in [-0.39, 0.29) is 11.4 Å². The zero-order valence-corrected chi connectivity index (χ0v) is 12.4. The number of likely N-dealkylation sites (tertiary alicyclic amines) is 1. The van der Waals surface area contributed by atoms with Gasteiger partial charge in [0, 0.05) is 43.9 Å². The molecule has 2 aliphatic heterocycles. The van der Waals surface area contributed by atoms with Gasteiger partial charge in [-0.15, -0.1) is 0 Å². The maximum absolute atomic E-state index is 13.0. The molecular weight excluding hydrogens is 279 g/mol. The van der Waals surface area contributed by atoms with Gasteiger partial charge in [0.05, 0.1) is 0 Å². The van der Waals surface area contributed by atoms with Crippen molar-refractivity contribution in [3.8, 4) is 0 Å². The number of halogens is 1. The Balaban J connectivity index is 1.56. The van der Waals surface area contributed by atoms with Crippen molar-refractivity contribution in [3.63, 3.8) is 0 Å². The lowest BCUT2D eigenvalue weighted by molar-refractivity contribution is 0.114. The van der Waals surface area contributed by atoms with Crippen LogP contribution in [0.3, 0.4) is 0 Å². The molecule has 1 aromatic heterocycles. The number of rotatable bonds is 2. The van der Waals surface area contributed by atoms with Gasteiger partial charge >= 0.3 is 0 Å². The molecule has 0 radical (unpaired) electrons. The highest BCUT2D eigenvalue weighted by atomic mass is 19.1. The summed E-state index contributed by atoms with van der Waals surface area (Å²) in [6, 6.07) is 12.4. The molecule has 3 heterocycles. The molecule has 2 aromatic rings. The number of nitrogens with zero attached hydrogens (tertiary/aromatic N) is 2. The third-order valence-electron chi connectivity index (χ3n) is 4.87. The molecule has 2 bridgehead atoms. The van der Waals surface area contributed by atoms with Crippen molar-refractivity contribution in [2.45, 2.75) is 25.4 Å². The second kappa shape index (κ2) is 5.36. The minimum atomic E-state index is -0.187. The van der Waals surface area contributed by atoms with Crippen LogP contribution in [0, 0.1) is 11.7 Å². The third kappa shape index (κ3) is 2.48. The van der Waals surface area contributed by atoms with Crippen LogP contribution in [0.25, 0.3) is 0 Å². The van der Waals surface area contributed by atoms with E-state index in [1.54, 1.807) is 6.07 Å². The Morgan fingerprint density at radius 1 is 1.05 bits per heavy atom. The summed E-state index contributed by atoms with van der Waals surface area (Å²) < 4.78 is 15.0. The summed E-state index contributed by atoms with van der Waals surface area (Å²) in [5, 5.41) is 0. The van der Waals surface area contributed by atoms with Crippen LogP contribution < -0.4 is 5.56 Å². The van der Waals surface area contributed by atoms with E-state index < -0.39 is 0 Å². The first kappa shape index (κ1) is 13.7. The van der Waals surface area contributed by atoms with Gasteiger partial charge in [-0.25, -0.2) is 4.39 Å². The van der Waals surface area contributed by atoms with Gasteiger partial charge in [-0.2, -0.15) is 0 Å². The van der Waals surface area contributed by atoms with Crippen molar-refractivity contribution in [1.82, 2.24) is 9.47 Å². The molecular formula is C18H19FN2O. The molecule has 3 nitrogen and oxygen atoms in total. The molecule has 0 N–H and O–H groups in total. The van der Waals surface area contributed by atoms with Gasteiger partial charge in [-0.05, 0) is 36.1 Å². The lowest BCUT2D eigenvalue weighted by atomic mass is 9.83. The minimum Gasteiger partial charge on any atom is -0.312 e. The van der Waals surface area contributed by atoms with Crippen LogP contribution >= 0.6 is 0 Å². The first-order valence-corrected chi connectivity index (χ1v) is 7.85. The first-order valence-electron chi connectivity index (χ1n) is 7.85. The van der Waals surface area contributed by atoms with Gasteiger partial charge in [0.1, 0.15) is 5.82 Å². The fourth-order valence-electron chi connectivity index (χ4n) is 3.97. The minimum absolute atomic E-state index is 0.124. The number of benzene rings is 1. The van der Waals surface area contributed by atoms with Gasteiger partial charge in [0.2, 0.25) is 0 Å². The molecule has 1 saturated heterocycles. The molecule has 4 heteroatoms.